The summed E-state index contributed by atoms with van der Waals surface area (Å²) < 4.78 is 19.7. The number of rotatable bonds is 4. The Kier molecular flexibility index (Phi) is 6.21. The number of ether oxygens (including phenoxy) is 1. The number of carbonyl (C=O) groups excluding carboxylic acids is 1. The lowest BCUT2D eigenvalue weighted by Gasteiger charge is -2.35. The van der Waals surface area contributed by atoms with Crippen molar-refractivity contribution in [3.63, 3.8) is 0 Å². The number of nitrogens with zero attached hydrogens (tertiary/aromatic N) is 3. The minimum Gasteiger partial charge on any atom is -0.373 e. The van der Waals surface area contributed by atoms with Gasteiger partial charge >= 0.3 is 0 Å². The van der Waals surface area contributed by atoms with Gasteiger partial charge in [-0.05, 0) is 68.1 Å². The van der Waals surface area contributed by atoms with Crippen LogP contribution >= 0.6 is 0 Å². The van der Waals surface area contributed by atoms with Crippen LogP contribution in [0.4, 0.5) is 4.39 Å². The molecule has 5 nitrogen and oxygen atoms in total. The van der Waals surface area contributed by atoms with Gasteiger partial charge in [-0.15, -0.1) is 0 Å². The number of hydrogen-bond acceptors (Lipinski definition) is 4. The van der Waals surface area contributed by atoms with Crippen LogP contribution in [0.5, 0.6) is 0 Å². The number of amides is 1. The highest BCUT2D eigenvalue weighted by atomic mass is 19.1. The molecule has 0 saturated carbocycles. The second kappa shape index (κ2) is 8.89. The molecule has 1 saturated heterocycles. The van der Waals surface area contributed by atoms with Crippen molar-refractivity contribution in [1.29, 1.82) is 0 Å². The zero-order chi connectivity index (χ0) is 22.1. The van der Waals surface area contributed by atoms with Crippen LogP contribution in [0.1, 0.15) is 48.6 Å². The molecule has 1 fully saturated rings. The van der Waals surface area contributed by atoms with Gasteiger partial charge in [-0.2, -0.15) is 5.10 Å². The molecule has 31 heavy (non-hydrogen) atoms. The molecule has 0 radical (unpaired) electrons. The molecule has 1 amide bonds. The Morgan fingerprint density at radius 2 is 1.84 bits per heavy atom. The van der Waals surface area contributed by atoms with Crippen LogP contribution in [-0.2, 0) is 9.53 Å². The first-order valence-corrected chi connectivity index (χ1v) is 10.9. The zero-order valence-electron chi connectivity index (χ0n) is 18.6. The molecular weight excluding hydrogens is 393 g/mol. The molecule has 4 rings (SSSR count). The number of halogens is 1. The number of aryl methyl sites for hydroxylation is 2. The quantitative estimate of drug-likeness (QED) is 0.739. The van der Waals surface area contributed by atoms with Gasteiger partial charge in [-0.1, -0.05) is 24.3 Å². The molecule has 164 valence electrons. The molecule has 0 aliphatic carbocycles. The van der Waals surface area contributed by atoms with E-state index in [4.69, 9.17) is 9.84 Å². The van der Waals surface area contributed by atoms with Gasteiger partial charge in [-0.25, -0.2) is 9.40 Å². The van der Waals surface area contributed by atoms with Crippen LogP contribution in [0.3, 0.4) is 0 Å². The summed E-state index contributed by atoms with van der Waals surface area (Å²) in [6.45, 7) is 9.88. The molecule has 0 bridgehead atoms. The fourth-order valence-corrected chi connectivity index (χ4v) is 4.49. The fourth-order valence-electron chi connectivity index (χ4n) is 4.49. The largest absolute Gasteiger partial charge is 0.373 e. The van der Waals surface area contributed by atoms with Crippen molar-refractivity contribution in [2.24, 2.45) is 5.10 Å². The maximum atomic E-state index is 14.0. The lowest BCUT2D eigenvalue weighted by atomic mass is 9.96. The van der Waals surface area contributed by atoms with Crippen LogP contribution in [0.25, 0.3) is 0 Å². The average Bonchev–Trinajstić information content (AvgIpc) is 3.15. The van der Waals surface area contributed by atoms with Gasteiger partial charge in [0.2, 0.25) is 0 Å². The molecule has 2 aliphatic heterocycles. The van der Waals surface area contributed by atoms with E-state index in [0.717, 1.165) is 16.8 Å². The number of carbonyl (C=O) groups is 1. The second-order valence-electron chi connectivity index (χ2n) is 8.81. The van der Waals surface area contributed by atoms with E-state index in [1.165, 1.54) is 23.3 Å². The number of benzene rings is 2. The fraction of sp³-hybridized carbons (Fsp3) is 0.440. The van der Waals surface area contributed by atoms with Crippen molar-refractivity contribution in [2.75, 3.05) is 19.6 Å². The minimum absolute atomic E-state index is 0.0746. The highest BCUT2D eigenvalue weighted by molar-refractivity contribution is 6.03. The lowest BCUT2D eigenvalue weighted by Crippen LogP contribution is -2.49. The third kappa shape index (κ3) is 4.86. The summed E-state index contributed by atoms with van der Waals surface area (Å²) in [7, 11) is 0. The summed E-state index contributed by atoms with van der Waals surface area (Å²) in [4.78, 5) is 15.5. The van der Waals surface area contributed by atoms with E-state index >= 15 is 0 Å². The van der Waals surface area contributed by atoms with Gasteiger partial charge in [0.05, 0.1) is 30.5 Å². The Morgan fingerprint density at radius 3 is 2.52 bits per heavy atom. The molecule has 6 heteroatoms. The Morgan fingerprint density at radius 1 is 1.10 bits per heavy atom. The molecule has 0 spiro atoms. The molecule has 0 aromatic heterocycles. The SMILES string of the molecule is Cc1ccc(C2=NN(C(=O)CN3CC(C)OC(C)C3)C(c3cccc(F)c3)C2)cc1C. The van der Waals surface area contributed by atoms with Crippen molar-refractivity contribution < 1.29 is 13.9 Å². The van der Waals surface area contributed by atoms with Crippen LogP contribution in [0.2, 0.25) is 0 Å². The van der Waals surface area contributed by atoms with Crippen molar-refractivity contribution in [1.82, 2.24) is 9.91 Å². The molecular formula is C25H30FN3O2. The van der Waals surface area contributed by atoms with Crippen molar-refractivity contribution >= 4 is 11.6 Å². The first-order valence-electron chi connectivity index (χ1n) is 10.9. The van der Waals surface area contributed by atoms with Crippen LogP contribution in [0.15, 0.2) is 47.6 Å². The summed E-state index contributed by atoms with van der Waals surface area (Å²) in [5.74, 6) is -0.380. The monoisotopic (exact) mass is 423 g/mol. The van der Waals surface area contributed by atoms with E-state index in [-0.39, 0.29) is 36.5 Å². The summed E-state index contributed by atoms with van der Waals surface area (Å²) in [6.07, 6.45) is 0.737. The van der Waals surface area contributed by atoms with Crippen LogP contribution in [-0.4, -0.2) is 53.4 Å². The van der Waals surface area contributed by atoms with E-state index < -0.39 is 0 Å². The van der Waals surface area contributed by atoms with E-state index in [0.29, 0.717) is 19.5 Å². The van der Waals surface area contributed by atoms with Crippen molar-refractivity contribution in [3.05, 3.63) is 70.5 Å². The van der Waals surface area contributed by atoms with Gasteiger partial charge in [0.1, 0.15) is 5.82 Å². The number of hydrogen-bond donors (Lipinski definition) is 0. The van der Waals surface area contributed by atoms with Gasteiger partial charge in [0.25, 0.3) is 5.91 Å². The van der Waals surface area contributed by atoms with Gasteiger partial charge in [0.15, 0.2) is 0 Å². The summed E-state index contributed by atoms with van der Waals surface area (Å²) in [5, 5.41) is 6.30. The first-order chi connectivity index (χ1) is 14.8. The highest BCUT2D eigenvalue weighted by Crippen LogP contribution is 2.33. The average molecular weight is 424 g/mol. The van der Waals surface area contributed by atoms with E-state index in [2.05, 4.69) is 30.9 Å². The standard InChI is InChI=1S/C25H30FN3O2/c1-16-8-9-20(10-17(16)2)23-12-24(21-6-5-7-22(26)11-21)29(27-23)25(30)15-28-13-18(3)31-19(4)14-28/h5-11,18-19,24H,12-15H2,1-4H3. The van der Waals surface area contributed by atoms with E-state index in [9.17, 15) is 9.18 Å². The third-order valence-electron chi connectivity index (χ3n) is 6.09. The minimum atomic E-state index is -0.310. The summed E-state index contributed by atoms with van der Waals surface area (Å²) in [5.41, 5.74) is 5.03. The maximum absolute atomic E-state index is 14.0. The first kappa shape index (κ1) is 21.7. The van der Waals surface area contributed by atoms with Crippen LogP contribution in [0, 0.1) is 19.7 Å². The van der Waals surface area contributed by atoms with Gasteiger partial charge < -0.3 is 4.74 Å². The van der Waals surface area contributed by atoms with E-state index in [1.807, 2.05) is 26.0 Å². The highest BCUT2D eigenvalue weighted by Gasteiger charge is 2.35. The molecule has 3 unspecified atom stereocenters. The predicted molar refractivity (Wildman–Crippen MR) is 120 cm³/mol. The Balaban J connectivity index is 1.61. The molecule has 2 aromatic carbocycles. The van der Waals surface area contributed by atoms with Gasteiger partial charge in [-0.3, -0.25) is 9.69 Å². The van der Waals surface area contributed by atoms with Crippen molar-refractivity contribution in [2.45, 2.75) is 52.4 Å². The summed E-state index contributed by atoms with van der Waals surface area (Å²) >= 11 is 0. The summed E-state index contributed by atoms with van der Waals surface area (Å²) in [6, 6.07) is 12.4. The van der Waals surface area contributed by atoms with Crippen molar-refractivity contribution in [3.8, 4) is 0 Å². The Labute approximate surface area is 183 Å². The zero-order valence-corrected chi connectivity index (χ0v) is 18.6. The molecule has 2 heterocycles. The number of hydrazone groups is 1. The number of morpholine rings is 1. The molecule has 0 N–H and O–H groups in total. The second-order valence-corrected chi connectivity index (χ2v) is 8.81. The molecule has 3 atom stereocenters. The third-order valence-corrected chi connectivity index (χ3v) is 6.09. The Bertz CT molecular complexity index is 996. The smallest absolute Gasteiger partial charge is 0.257 e. The lowest BCUT2D eigenvalue weighted by molar-refractivity contribution is -0.137. The maximum Gasteiger partial charge on any atom is 0.257 e. The van der Waals surface area contributed by atoms with Gasteiger partial charge in [0, 0.05) is 19.5 Å². The topological polar surface area (TPSA) is 45.1 Å². The van der Waals surface area contributed by atoms with E-state index in [1.54, 1.807) is 11.1 Å². The molecule has 2 aromatic rings. The normalized spacial score (nSPS) is 24.4. The Hall–Kier alpha value is -2.57. The van der Waals surface area contributed by atoms with Crippen LogP contribution < -0.4 is 0 Å². The predicted octanol–water partition coefficient (Wildman–Crippen LogP) is 4.23. The molecule has 2 aliphatic rings.